The van der Waals surface area contributed by atoms with E-state index in [4.69, 9.17) is 9.47 Å². The lowest BCUT2D eigenvalue weighted by atomic mass is 10.0. The van der Waals surface area contributed by atoms with E-state index >= 15 is 0 Å². The van der Waals surface area contributed by atoms with E-state index in [9.17, 15) is 9.59 Å². The number of rotatable bonds is 6. The van der Waals surface area contributed by atoms with Crippen molar-refractivity contribution in [2.24, 2.45) is 0 Å². The molecule has 28 heavy (non-hydrogen) atoms. The summed E-state index contributed by atoms with van der Waals surface area (Å²) in [6.45, 7) is 4.38. The minimum Gasteiger partial charge on any atom is -0.496 e. The van der Waals surface area contributed by atoms with Gasteiger partial charge in [-0.2, -0.15) is 0 Å². The highest BCUT2D eigenvalue weighted by Gasteiger charge is 2.17. The molecule has 3 aromatic rings. The lowest BCUT2D eigenvalue weighted by Gasteiger charge is -2.13. The Morgan fingerprint density at radius 3 is 2.32 bits per heavy atom. The van der Waals surface area contributed by atoms with Gasteiger partial charge in [0.05, 0.1) is 14.2 Å². The highest BCUT2D eigenvalue weighted by molar-refractivity contribution is 5.99. The van der Waals surface area contributed by atoms with Gasteiger partial charge in [-0.25, -0.2) is 0 Å². The zero-order chi connectivity index (χ0) is 20.3. The fourth-order valence-corrected chi connectivity index (χ4v) is 3.18. The summed E-state index contributed by atoms with van der Waals surface area (Å²) in [5.74, 6) is 0.565. The van der Waals surface area contributed by atoms with Gasteiger partial charge >= 0.3 is 0 Å². The van der Waals surface area contributed by atoms with E-state index in [0.29, 0.717) is 35.6 Å². The normalized spacial score (nSPS) is 10.7. The maximum Gasteiger partial charge on any atom is 0.258 e. The van der Waals surface area contributed by atoms with Crippen LogP contribution in [0, 0.1) is 13.8 Å². The van der Waals surface area contributed by atoms with E-state index in [1.165, 1.54) is 19.8 Å². The maximum atomic E-state index is 12.6. The van der Waals surface area contributed by atoms with Crippen molar-refractivity contribution in [3.63, 3.8) is 0 Å². The van der Waals surface area contributed by atoms with Crippen molar-refractivity contribution in [2.75, 3.05) is 20.8 Å². The first kappa shape index (κ1) is 19.5. The number of fused-ring (bicyclic) bond motifs is 1. The standard InChI is InChI=1S/C22H24N2O4/c1-13-10-16-12-15(21(25)24-17(16)11-14(13)2)8-9-23-22(26)20-18(27-3)6-5-7-19(20)28-4/h5-7,10-12H,8-9H2,1-4H3,(H,23,26)(H,24,25). The van der Waals surface area contributed by atoms with Gasteiger partial charge in [0.2, 0.25) is 0 Å². The Labute approximate surface area is 163 Å². The van der Waals surface area contributed by atoms with Gasteiger partial charge < -0.3 is 19.8 Å². The Hall–Kier alpha value is -3.28. The zero-order valence-electron chi connectivity index (χ0n) is 16.5. The molecule has 3 rings (SSSR count). The first-order chi connectivity index (χ1) is 13.4. The van der Waals surface area contributed by atoms with Gasteiger partial charge in [-0.05, 0) is 67.1 Å². The van der Waals surface area contributed by atoms with Gasteiger partial charge in [-0.1, -0.05) is 6.07 Å². The molecule has 0 bridgehead atoms. The molecule has 0 spiro atoms. The fourth-order valence-electron chi connectivity index (χ4n) is 3.18. The lowest BCUT2D eigenvalue weighted by Crippen LogP contribution is -2.28. The van der Waals surface area contributed by atoms with Crippen LogP contribution in [0.15, 0.2) is 41.2 Å². The van der Waals surface area contributed by atoms with Crippen molar-refractivity contribution < 1.29 is 14.3 Å². The number of H-pyrrole nitrogens is 1. The van der Waals surface area contributed by atoms with Crippen molar-refractivity contribution in [2.45, 2.75) is 20.3 Å². The Morgan fingerprint density at radius 2 is 1.68 bits per heavy atom. The molecule has 0 aliphatic carbocycles. The number of hydrogen-bond donors (Lipinski definition) is 2. The number of carbonyl (C=O) groups is 1. The van der Waals surface area contributed by atoms with Crippen LogP contribution in [0.4, 0.5) is 0 Å². The van der Waals surface area contributed by atoms with E-state index in [2.05, 4.69) is 16.4 Å². The van der Waals surface area contributed by atoms with Crippen LogP contribution in [0.2, 0.25) is 0 Å². The van der Waals surface area contributed by atoms with Crippen LogP contribution in [0.1, 0.15) is 27.0 Å². The number of aryl methyl sites for hydroxylation is 2. The summed E-state index contributed by atoms with van der Waals surface area (Å²) in [5.41, 5.74) is 3.95. The summed E-state index contributed by atoms with van der Waals surface area (Å²) in [5, 5.41) is 3.82. The van der Waals surface area contributed by atoms with Crippen molar-refractivity contribution in [3.05, 3.63) is 69.0 Å². The second-order valence-electron chi connectivity index (χ2n) is 6.69. The Kier molecular flexibility index (Phi) is 5.68. The summed E-state index contributed by atoms with van der Waals surface area (Å²) >= 11 is 0. The summed E-state index contributed by atoms with van der Waals surface area (Å²) in [6, 6.07) is 11.1. The number of amides is 1. The van der Waals surface area contributed by atoms with Crippen LogP contribution in [-0.2, 0) is 6.42 Å². The number of methoxy groups -OCH3 is 2. The second-order valence-corrected chi connectivity index (χ2v) is 6.69. The van der Waals surface area contributed by atoms with E-state index in [1.807, 2.05) is 26.0 Å². The molecule has 146 valence electrons. The molecular formula is C22H24N2O4. The molecule has 0 unspecified atom stereocenters. The van der Waals surface area contributed by atoms with E-state index in [0.717, 1.165) is 16.5 Å². The van der Waals surface area contributed by atoms with Gasteiger partial charge in [0.25, 0.3) is 11.5 Å². The van der Waals surface area contributed by atoms with Crippen LogP contribution < -0.4 is 20.3 Å². The average molecular weight is 380 g/mol. The van der Waals surface area contributed by atoms with Gasteiger partial charge in [0.1, 0.15) is 17.1 Å². The Morgan fingerprint density at radius 1 is 1.04 bits per heavy atom. The highest BCUT2D eigenvalue weighted by Crippen LogP contribution is 2.27. The predicted octanol–water partition coefficient (Wildman–Crippen LogP) is 3.13. The second kappa shape index (κ2) is 8.17. The molecule has 1 amide bonds. The van der Waals surface area contributed by atoms with E-state index in [-0.39, 0.29) is 11.5 Å². The molecule has 0 aliphatic rings. The smallest absolute Gasteiger partial charge is 0.258 e. The Bertz CT molecular complexity index is 1060. The maximum absolute atomic E-state index is 12.6. The number of aromatic amines is 1. The van der Waals surface area contributed by atoms with E-state index < -0.39 is 0 Å². The highest BCUT2D eigenvalue weighted by atomic mass is 16.5. The third kappa shape index (κ3) is 3.86. The Balaban J connectivity index is 1.77. The van der Waals surface area contributed by atoms with Gasteiger partial charge in [-0.15, -0.1) is 0 Å². The molecule has 0 saturated heterocycles. The van der Waals surface area contributed by atoms with Crippen LogP contribution in [0.25, 0.3) is 10.9 Å². The lowest BCUT2D eigenvalue weighted by molar-refractivity contribution is 0.0948. The molecule has 1 aromatic heterocycles. The molecule has 6 nitrogen and oxygen atoms in total. The minimum atomic E-state index is -0.307. The third-order valence-corrected chi connectivity index (χ3v) is 4.87. The number of carbonyl (C=O) groups excluding carboxylic acids is 1. The summed E-state index contributed by atoms with van der Waals surface area (Å²) in [4.78, 5) is 27.9. The SMILES string of the molecule is COc1cccc(OC)c1C(=O)NCCc1cc2cc(C)c(C)cc2[nH]c1=O. The molecule has 2 aromatic carbocycles. The van der Waals surface area contributed by atoms with Crippen LogP contribution >= 0.6 is 0 Å². The number of benzene rings is 2. The molecule has 0 fully saturated rings. The van der Waals surface area contributed by atoms with Crippen molar-refractivity contribution >= 4 is 16.8 Å². The van der Waals surface area contributed by atoms with Crippen molar-refractivity contribution in [1.29, 1.82) is 0 Å². The van der Waals surface area contributed by atoms with Crippen molar-refractivity contribution in [3.8, 4) is 11.5 Å². The van der Waals surface area contributed by atoms with Crippen LogP contribution in [0.5, 0.6) is 11.5 Å². The third-order valence-electron chi connectivity index (χ3n) is 4.87. The van der Waals surface area contributed by atoms with Gasteiger partial charge in [0, 0.05) is 17.6 Å². The predicted molar refractivity (Wildman–Crippen MR) is 110 cm³/mol. The van der Waals surface area contributed by atoms with Gasteiger partial charge in [0.15, 0.2) is 0 Å². The number of ether oxygens (including phenoxy) is 2. The van der Waals surface area contributed by atoms with Crippen LogP contribution in [0.3, 0.4) is 0 Å². The summed E-state index contributed by atoms with van der Waals surface area (Å²) in [7, 11) is 3.01. The summed E-state index contributed by atoms with van der Waals surface area (Å²) < 4.78 is 10.5. The van der Waals surface area contributed by atoms with Crippen molar-refractivity contribution in [1.82, 2.24) is 10.3 Å². The minimum absolute atomic E-state index is 0.139. The van der Waals surface area contributed by atoms with Gasteiger partial charge in [-0.3, -0.25) is 9.59 Å². The fraction of sp³-hybridized carbons (Fsp3) is 0.273. The number of pyridine rings is 1. The molecule has 6 heteroatoms. The molecular weight excluding hydrogens is 356 g/mol. The first-order valence-electron chi connectivity index (χ1n) is 9.07. The largest absolute Gasteiger partial charge is 0.496 e. The molecule has 1 heterocycles. The topological polar surface area (TPSA) is 80.4 Å². The monoisotopic (exact) mass is 380 g/mol. The number of hydrogen-bond acceptors (Lipinski definition) is 4. The zero-order valence-corrected chi connectivity index (χ0v) is 16.5. The summed E-state index contributed by atoms with van der Waals surface area (Å²) in [6.07, 6.45) is 0.418. The molecule has 0 atom stereocenters. The molecule has 2 N–H and O–H groups in total. The van der Waals surface area contributed by atoms with Crippen LogP contribution in [-0.4, -0.2) is 31.7 Å². The number of aromatic nitrogens is 1. The molecule has 0 saturated carbocycles. The molecule has 0 radical (unpaired) electrons. The average Bonchev–Trinajstić information content (AvgIpc) is 2.69. The number of nitrogens with one attached hydrogen (secondary N) is 2. The molecule has 0 aliphatic heterocycles. The quantitative estimate of drug-likeness (QED) is 0.688. The first-order valence-corrected chi connectivity index (χ1v) is 9.07. The van der Waals surface area contributed by atoms with E-state index in [1.54, 1.807) is 18.2 Å².